The Morgan fingerprint density at radius 3 is 2.57 bits per heavy atom. The Kier molecular flexibility index (Phi) is 4.49. The molecular weight excluding hydrogens is 286 g/mol. The Hall–Kier alpha value is -1.66. The smallest absolute Gasteiger partial charge is 0.252 e. The molecule has 1 amide bonds. The third-order valence-electron chi connectivity index (χ3n) is 4.14. The molecular formula is C15H21N3O2S. The predicted octanol–water partition coefficient (Wildman–Crippen LogP) is 1.18. The van der Waals surface area contributed by atoms with Crippen LogP contribution < -0.4 is 11.1 Å². The van der Waals surface area contributed by atoms with E-state index in [4.69, 9.17) is 18.0 Å². The van der Waals surface area contributed by atoms with E-state index in [9.17, 15) is 9.90 Å². The molecule has 0 atom stereocenters. The summed E-state index contributed by atoms with van der Waals surface area (Å²) in [7, 11) is 2.03. The van der Waals surface area contributed by atoms with E-state index in [0.717, 1.165) is 18.7 Å². The average Bonchev–Trinajstić information content (AvgIpc) is 2.44. The molecule has 0 aromatic heterocycles. The molecule has 4 N–H and O–H groups in total. The number of hydrogen-bond acceptors (Lipinski definition) is 4. The number of benzene rings is 1. The molecule has 1 heterocycles. The number of nitrogens with one attached hydrogen (secondary N) is 1. The van der Waals surface area contributed by atoms with Crippen LogP contribution in [0.25, 0.3) is 0 Å². The van der Waals surface area contributed by atoms with Crippen LogP contribution in [0.2, 0.25) is 0 Å². The van der Waals surface area contributed by atoms with Crippen LogP contribution in [0.4, 0.5) is 0 Å². The van der Waals surface area contributed by atoms with E-state index >= 15 is 0 Å². The van der Waals surface area contributed by atoms with Gasteiger partial charge < -0.3 is 21.1 Å². The van der Waals surface area contributed by atoms with Crippen LogP contribution >= 0.6 is 12.2 Å². The molecule has 21 heavy (non-hydrogen) atoms. The number of thiocarbonyl (C=S) groups is 1. The van der Waals surface area contributed by atoms with Gasteiger partial charge in [0.05, 0.1) is 10.5 Å². The van der Waals surface area contributed by atoms with Gasteiger partial charge in [0.1, 0.15) is 5.75 Å². The summed E-state index contributed by atoms with van der Waals surface area (Å²) in [5.74, 6) is -0.155. The van der Waals surface area contributed by atoms with Crippen molar-refractivity contribution in [3.63, 3.8) is 0 Å². The van der Waals surface area contributed by atoms with Crippen LogP contribution in [0, 0.1) is 6.92 Å². The summed E-state index contributed by atoms with van der Waals surface area (Å²) < 4.78 is 0. The lowest BCUT2D eigenvalue weighted by Crippen LogP contribution is -2.61. The Labute approximate surface area is 130 Å². The van der Waals surface area contributed by atoms with Gasteiger partial charge in [-0.1, -0.05) is 18.3 Å². The zero-order chi connectivity index (χ0) is 15.6. The van der Waals surface area contributed by atoms with E-state index < -0.39 is 5.54 Å². The number of amides is 1. The number of aromatic hydroxyl groups is 1. The molecule has 0 radical (unpaired) electrons. The van der Waals surface area contributed by atoms with Gasteiger partial charge in [0.25, 0.3) is 5.91 Å². The Bertz CT molecular complexity index is 566. The summed E-state index contributed by atoms with van der Waals surface area (Å²) in [6.07, 6.45) is 1.39. The molecule has 5 nitrogen and oxygen atoms in total. The van der Waals surface area contributed by atoms with E-state index in [2.05, 4.69) is 10.2 Å². The van der Waals surface area contributed by atoms with Crippen molar-refractivity contribution in [2.75, 3.05) is 20.1 Å². The van der Waals surface area contributed by atoms with Crippen LogP contribution in [-0.2, 0) is 0 Å². The lowest BCUT2D eigenvalue weighted by Gasteiger charge is -2.40. The fourth-order valence-electron chi connectivity index (χ4n) is 2.47. The first kappa shape index (κ1) is 15.7. The molecule has 114 valence electrons. The first-order valence-corrected chi connectivity index (χ1v) is 7.35. The summed E-state index contributed by atoms with van der Waals surface area (Å²) in [5, 5.41) is 12.7. The van der Waals surface area contributed by atoms with Gasteiger partial charge in [-0.2, -0.15) is 0 Å². The van der Waals surface area contributed by atoms with Gasteiger partial charge in [-0.3, -0.25) is 4.79 Å². The van der Waals surface area contributed by atoms with Crippen molar-refractivity contribution in [2.24, 2.45) is 5.73 Å². The molecule has 2 rings (SSSR count). The molecule has 1 aliphatic heterocycles. The summed E-state index contributed by atoms with van der Waals surface area (Å²) in [5.41, 5.74) is 6.38. The van der Waals surface area contributed by atoms with Gasteiger partial charge in [-0.05, 0) is 44.5 Å². The van der Waals surface area contributed by atoms with E-state index in [-0.39, 0.29) is 11.7 Å². The molecule has 1 fully saturated rings. The van der Waals surface area contributed by atoms with Crippen LogP contribution in [-0.4, -0.2) is 46.6 Å². The number of phenols is 1. The Morgan fingerprint density at radius 1 is 1.43 bits per heavy atom. The molecule has 0 spiro atoms. The summed E-state index contributed by atoms with van der Waals surface area (Å²) in [4.78, 5) is 14.9. The number of phenolic OH excluding ortho intramolecular Hbond substituents is 1. The maximum absolute atomic E-state index is 12.4. The van der Waals surface area contributed by atoms with Gasteiger partial charge >= 0.3 is 0 Å². The predicted molar refractivity (Wildman–Crippen MR) is 86.6 cm³/mol. The number of piperidine rings is 1. The van der Waals surface area contributed by atoms with Gasteiger partial charge in [0, 0.05) is 18.7 Å². The molecule has 1 aliphatic rings. The normalized spacial score (nSPS) is 18.2. The van der Waals surface area contributed by atoms with E-state index in [1.807, 2.05) is 7.05 Å². The maximum atomic E-state index is 12.4. The third-order valence-corrected chi connectivity index (χ3v) is 4.53. The summed E-state index contributed by atoms with van der Waals surface area (Å²) in [6, 6.07) is 4.87. The number of nitrogens with zero attached hydrogens (tertiary/aromatic N) is 1. The summed E-state index contributed by atoms with van der Waals surface area (Å²) >= 11 is 5.18. The molecule has 0 bridgehead atoms. The largest absolute Gasteiger partial charge is 0.508 e. The molecule has 1 saturated heterocycles. The Balaban J connectivity index is 2.19. The number of hydrogen-bond donors (Lipinski definition) is 3. The Morgan fingerprint density at radius 2 is 2.05 bits per heavy atom. The molecule has 1 aromatic carbocycles. The first-order chi connectivity index (χ1) is 9.84. The van der Waals surface area contributed by atoms with Crippen LogP contribution in [0.15, 0.2) is 18.2 Å². The van der Waals surface area contributed by atoms with Crippen molar-refractivity contribution in [3.05, 3.63) is 29.3 Å². The number of nitrogens with two attached hydrogens (primary N) is 1. The van der Waals surface area contributed by atoms with Crippen molar-refractivity contribution in [2.45, 2.75) is 25.3 Å². The minimum atomic E-state index is -0.639. The molecule has 0 unspecified atom stereocenters. The minimum absolute atomic E-state index is 0.107. The SMILES string of the molecule is Cc1ccc(C(=O)NC2(C(N)=S)CCN(C)CC2)cc1O. The van der Waals surface area contributed by atoms with E-state index in [0.29, 0.717) is 23.4 Å². The fourth-order valence-corrected chi connectivity index (χ4v) is 2.73. The molecule has 0 aliphatic carbocycles. The highest BCUT2D eigenvalue weighted by atomic mass is 32.1. The standard InChI is InChI=1S/C15H21N3O2S/c1-10-3-4-11(9-12(10)19)13(20)17-15(14(16)21)5-7-18(2)8-6-15/h3-4,9,19H,5-8H2,1-2H3,(H2,16,21)(H,17,20). The topological polar surface area (TPSA) is 78.6 Å². The fraction of sp³-hybridized carbons (Fsp3) is 0.467. The summed E-state index contributed by atoms with van der Waals surface area (Å²) in [6.45, 7) is 3.44. The maximum Gasteiger partial charge on any atom is 0.252 e. The van der Waals surface area contributed by atoms with Crippen molar-refractivity contribution < 1.29 is 9.90 Å². The highest BCUT2D eigenvalue weighted by Gasteiger charge is 2.38. The zero-order valence-corrected chi connectivity index (χ0v) is 13.2. The van der Waals surface area contributed by atoms with Crippen molar-refractivity contribution in [1.82, 2.24) is 10.2 Å². The molecule has 0 saturated carbocycles. The first-order valence-electron chi connectivity index (χ1n) is 6.95. The van der Waals surface area contributed by atoms with Crippen LogP contribution in [0.5, 0.6) is 5.75 Å². The van der Waals surface area contributed by atoms with Crippen molar-refractivity contribution >= 4 is 23.1 Å². The van der Waals surface area contributed by atoms with E-state index in [1.54, 1.807) is 19.1 Å². The monoisotopic (exact) mass is 307 g/mol. The highest BCUT2D eigenvalue weighted by Crippen LogP contribution is 2.24. The van der Waals surface area contributed by atoms with E-state index in [1.165, 1.54) is 6.07 Å². The van der Waals surface area contributed by atoms with Gasteiger partial charge in [-0.15, -0.1) is 0 Å². The number of likely N-dealkylation sites (tertiary alicyclic amines) is 1. The molecule has 6 heteroatoms. The minimum Gasteiger partial charge on any atom is -0.508 e. The third kappa shape index (κ3) is 3.33. The number of rotatable bonds is 3. The molecule has 1 aromatic rings. The van der Waals surface area contributed by atoms with Crippen LogP contribution in [0.3, 0.4) is 0 Å². The second-order valence-electron chi connectivity index (χ2n) is 5.71. The van der Waals surface area contributed by atoms with Gasteiger partial charge in [0.2, 0.25) is 0 Å². The number of carbonyl (C=O) groups is 1. The van der Waals surface area contributed by atoms with Crippen LogP contribution in [0.1, 0.15) is 28.8 Å². The van der Waals surface area contributed by atoms with Crippen molar-refractivity contribution in [3.8, 4) is 5.75 Å². The van der Waals surface area contributed by atoms with Gasteiger partial charge in [-0.25, -0.2) is 0 Å². The van der Waals surface area contributed by atoms with Crippen molar-refractivity contribution in [1.29, 1.82) is 0 Å². The average molecular weight is 307 g/mol. The number of carbonyl (C=O) groups excluding carboxylic acids is 1. The lowest BCUT2D eigenvalue weighted by atomic mass is 9.87. The quantitative estimate of drug-likeness (QED) is 0.731. The van der Waals surface area contributed by atoms with Gasteiger partial charge in [0.15, 0.2) is 0 Å². The second kappa shape index (κ2) is 5.99. The second-order valence-corrected chi connectivity index (χ2v) is 6.14. The lowest BCUT2D eigenvalue weighted by molar-refractivity contribution is 0.0890. The number of aryl methyl sites for hydroxylation is 1. The zero-order valence-electron chi connectivity index (χ0n) is 12.3. The highest BCUT2D eigenvalue weighted by molar-refractivity contribution is 7.80.